The van der Waals surface area contributed by atoms with Crippen LogP contribution in [-0.4, -0.2) is 20.6 Å². The van der Waals surface area contributed by atoms with E-state index in [4.69, 9.17) is 0 Å². The SMILES string of the molecule is Cc1ccc(NC(=O)c2c(O)c3cccc4c3n(c2=O)CCC4)nc1. The second kappa shape index (κ2) is 5.73. The Bertz CT molecular complexity index is 1050. The lowest BCUT2D eigenvalue weighted by atomic mass is 9.99. The molecule has 4 rings (SSSR count). The third kappa shape index (κ3) is 2.46. The molecule has 0 bridgehead atoms. The van der Waals surface area contributed by atoms with Crippen LogP contribution in [0.4, 0.5) is 5.82 Å². The van der Waals surface area contributed by atoms with Gasteiger partial charge in [-0.3, -0.25) is 9.59 Å². The predicted octanol–water partition coefficient (Wildman–Crippen LogP) is 2.61. The van der Waals surface area contributed by atoms with Gasteiger partial charge in [0.05, 0.1) is 5.52 Å². The lowest BCUT2D eigenvalue weighted by Gasteiger charge is -2.21. The summed E-state index contributed by atoms with van der Waals surface area (Å²) in [6.45, 7) is 2.43. The summed E-state index contributed by atoms with van der Waals surface area (Å²) in [7, 11) is 0. The van der Waals surface area contributed by atoms with E-state index < -0.39 is 11.5 Å². The first-order chi connectivity index (χ1) is 12.1. The molecule has 25 heavy (non-hydrogen) atoms. The molecule has 0 atom stereocenters. The molecule has 2 N–H and O–H groups in total. The fourth-order valence-electron chi connectivity index (χ4n) is 3.34. The highest BCUT2D eigenvalue weighted by Crippen LogP contribution is 2.31. The van der Waals surface area contributed by atoms with Crippen molar-refractivity contribution in [3.05, 3.63) is 63.6 Å². The summed E-state index contributed by atoms with van der Waals surface area (Å²) < 4.78 is 1.59. The first-order valence-corrected chi connectivity index (χ1v) is 8.17. The first kappa shape index (κ1) is 15.4. The molecule has 3 aromatic rings. The highest BCUT2D eigenvalue weighted by atomic mass is 16.3. The van der Waals surface area contributed by atoms with Crippen LogP contribution in [0.3, 0.4) is 0 Å². The zero-order valence-electron chi connectivity index (χ0n) is 13.7. The Morgan fingerprint density at radius 3 is 2.88 bits per heavy atom. The van der Waals surface area contributed by atoms with E-state index in [0.29, 0.717) is 17.7 Å². The molecule has 6 heteroatoms. The number of carbonyl (C=O) groups is 1. The van der Waals surface area contributed by atoms with Gasteiger partial charge < -0.3 is 15.0 Å². The standard InChI is InChI=1S/C19H17N3O3/c1-11-7-8-14(20-10-11)21-18(24)15-17(23)13-6-2-4-12-5-3-9-22(16(12)13)19(15)25/h2,4,6-8,10,23H,3,5,9H2,1H3,(H,20,21,24). The molecule has 0 saturated carbocycles. The van der Waals surface area contributed by atoms with Gasteiger partial charge >= 0.3 is 0 Å². The van der Waals surface area contributed by atoms with Crippen molar-refractivity contribution < 1.29 is 9.90 Å². The molecule has 0 unspecified atom stereocenters. The van der Waals surface area contributed by atoms with Gasteiger partial charge in [0.25, 0.3) is 11.5 Å². The third-order valence-corrected chi connectivity index (χ3v) is 4.55. The van der Waals surface area contributed by atoms with Crippen molar-refractivity contribution in [3.8, 4) is 5.75 Å². The van der Waals surface area contributed by atoms with E-state index >= 15 is 0 Å². The van der Waals surface area contributed by atoms with E-state index in [1.54, 1.807) is 22.9 Å². The zero-order valence-corrected chi connectivity index (χ0v) is 13.7. The molecule has 1 amide bonds. The van der Waals surface area contributed by atoms with Crippen LogP contribution in [0.5, 0.6) is 5.75 Å². The van der Waals surface area contributed by atoms with Crippen LogP contribution < -0.4 is 10.9 Å². The lowest BCUT2D eigenvalue weighted by Crippen LogP contribution is -2.31. The number of amides is 1. The number of pyridine rings is 2. The molecule has 6 nitrogen and oxygen atoms in total. The molecule has 3 heterocycles. The summed E-state index contributed by atoms with van der Waals surface area (Å²) in [6, 6.07) is 8.99. The maximum Gasteiger partial charge on any atom is 0.267 e. The fraction of sp³-hybridized carbons (Fsp3) is 0.211. The molecule has 1 aliphatic heterocycles. The number of rotatable bonds is 2. The Hall–Kier alpha value is -3.15. The van der Waals surface area contributed by atoms with E-state index in [2.05, 4.69) is 10.3 Å². The van der Waals surface area contributed by atoms with Gasteiger partial charge in [-0.2, -0.15) is 0 Å². The molecule has 0 saturated heterocycles. The van der Waals surface area contributed by atoms with Crippen LogP contribution in [-0.2, 0) is 13.0 Å². The van der Waals surface area contributed by atoms with E-state index in [0.717, 1.165) is 29.5 Å². The van der Waals surface area contributed by atoms with Crippen molar-refractivity contribution in [3.63, 3.8) is 0 Å². The van der Waals surface area contributed by atoms with Crippen molar-refractivity contribution >= 4 is 22.6 Å². The third-order valence-electron chi connectivity index (χ3n) is 4.55. The second-order valence-corrected chi connectivity index (χ2v) is 6.27. The lowest BCUT2D eigenvalue weighted by molar-refractivity contribution is 0.102. The largest absolute Gasteiger partial charge is 0.506 e. The number of anilines is 1. The Balaban J connectivity index is 1.86. The number of aryl methyl sites for hydroxylation is 3. The number of hydrogen-bond donors (Lipinski definition) is 2. The summed E-state index contributed by atoms with van der Waals surface area (Å²) in [5.74, 6) is -0.591. The molecular weight excluding hydrogens is 318 g/mol. The molecule has 126 valence electrons. The summed E-state index contributed by atoms with van der Waals surface area (Å²) in [6.07, 6.45) is 3.31. The van der Waals surface area contributed by atoms with Gasteiger partial charge in [-0.1, -0.05) is 18.2 Å². The minimum atomic E-state index is -0.652. The molecule has 0 spiro atoms. The quantitative estimate of drug-likeness (QED) is 0.754. The molecular formula is C19H17N3O3. The van der Waals surface area contributed by atoms with Crippen LogP contribution in [0.25, 0.3) is 10.9 Å². The number of hydrogen-bond acceptors (Lipinski definition) is 4. The van der Waals surface area contributed by atoms with Crippen LogP contribution >= 0.6 is 0 Å². The van der Waals surface area contributed by atoms with Crippen molar-refractivity contribution in [1.82, 2.24) is 9.55 Å². The van der Waals surface area contributed by atoms with Gasteiger partial charge in [0.15, 0.2) is 0 Å². The van der Waals surface area contributed by atoms with E-state index in [-0.39, 0.29) is 11.3 Å². The van der Waals surface area contributed by atoms with E-state index in [1.807, 2.05) is 25.1 Å². The summed E-state index contributed by atoms with van der Waals surface area (Å²) in [4.78, 5) is 29.6. The van der Waals surface area contributed by atoms with Crippen LogP contribution in [0, 0.1) is 6.92 Å². The summed E-state index contributed by atoms with van der Waals surface area (Å²) in [5.41, 5.74) is 1.99. The number of aromatic hydroxyl groups is 1. The number of benzene rings is 1. The van der Waals surface area contributed by atoms with E-state index in [9.17, 15) is 14.7 Å². The Morgan fingerprint density at radius 1 is 1.28 bits per heavy atom. The van der Waals surface area contributed by atoms with Crippen LogP contribution in [0.1, 0.15) is 27.9 Å². The Morgan fingerprint density at radius 2 is 2.12 bits per heavy atom. The summed E-state index contributed by atoms with van der Waals surface area (Å²) in [5, 5.41) is 13.7. The number of nitrogens with zero attached hydrogens (tertiary/aromatic N) is 2. The van der Waals surface area contributed by atoms with Gasteiger partial charge in [0, 0.05) is 18.1 Å². The predicted molar refractivity (Wildman–Crippen MR) is 95.1 cm³/mol. The molecule has 0 radical (unpaired) electrons. The van der Waals surface area contributed by atoms with Gasteiger partial charge in [0.2, 0.25) is 0 Å². The second-order valence-electron chi connectivity index (χ2n) is 6.27. The molecule has 2 aromatic heterocycles. The Labute approximate surface area is 143 Å². The first-order valence-electron chi connectivity index (χ1n) is 8.17. The minimum absolute atomic E-state index is 0.242. The van der Waals surface area contributed by atoms with Crippen molar-refractivity contribution in [2.24, 2.45) is 0 Å². The monoisotopic (exact) mass is 335 g/mol. The average molecular weight is 335 g/mol. The van der Waals surface area contributed by atoms with Crippen LogP contribution in [0.15, 0.2) is 41.3 Å². The number of para-hydroxylation sites is 1. The highest BCUT2D eigenvalue weighted by molar-refractivity contribution is 6.09. The fourth-order valence-corrected chi connectivity index (χ4v) is 3.34. The zero-order chi connectivity index (χ0) is 17.6. The maximum atomic E-state index is 12.8. The number of carbonyl (C=O) groups excluding carboxylic acids is 1. The smallest absolute Gasteiger partial charge is 0.267 e. The summed E-state index contributed by atoms with van der Waals surface area (Å²) >= 11 is 0. The molecule has 1 aliphatic rings. The van der Waals surface area contributed by atoms with Gasteiger partial charge in [-0.25, -0.2) is 4.98 Å². The maximum absolute atomic E-state index is 12.8. The minimum Gasteiger partial charge on any atom is -0.506 e. The van der Waals surface area contributed by atoms with Gasteiger partial charge in [0.1, 0.15) is 17.1 Å². The highest BCUT2D eigenvalue weighted by Gasteiger charge is 2.25. The van der Waals surface area contributed by atoms with Crippen LogP contribution in [0.2, 0.25) is 0 Å². The Kier molecular flexibility index (Phi) is 3.53. The number of aromatic nitrogens is 2. The molecule has 0 fully saturated rings. The average Bonchev–Trinajstić information content (AvgIpc) is 2.61. The van der Waals surface area contributed by atoms with Gasteiger partial charge in [-0.05, 0) is 43.0 Å². The normalized spacial score (nSPS) is 13.0. The topological polar surface area (TPSA) is 84.2 Å². The molecule has 0 aliphatic carbocycles. The molecule has 1 aromatic carbocycles. The van der Waals surface area contributed by atoms with Crippen molar-refractivity contribution in [2.75, 3.05) is 5.32 Å². The van der Waals surface area contributed by atoms with Crippen molar-refractivity contribution in [2.45, 2.75) is 26.3 Å². The van der Waals surface area contributed by atoms with Crippen molar-refractivity contribution in [1.29, 1.82) is 0 Å². The van der Waals surface area contributed by atoms with E-state index in [1.165, 1.54) is 0 Å². The van der Waals surface area contributed by atoms with Gasteiger partial charge in [-0.15, -0.1) is 0 Å². The number of nitrogens with one attached hydrogen (secondary N) is 1.